The highest BCUT2D eigenvalue weighted by molar-refractivity contribution is 5.89. The summed E-state index contributed by atoms with van der Waals surface area (Å²) in [5.41, 5.74) is 0.172. The first-order chi connectivity index (χ1) is 19.8. The topological polar surface area (TPSA) is 164 Å². The number of carbonyl (C=O) groups is 4. The molecule has 3 rings (SSSR count). The van der Waals surface area contributed by atoms with Crippen LogP contribution in [-0.2, 0) is 25.5 Å². The molecule has 0 aliphatic carbocycles. The van der Waals surface area contributed by atoms with Crippen molar-refractivity contribution in [3.8, 4) is 5.75 Å². The van der Waals surface area contributed by atoms with Crippen LogP contribution < -0.4 is 26.0 Å². The van der Waals surface area contributed by atoms with Crippen molar-refractivity contribution in [2.24, 2.45) is 5.92 Å². The van der Waals surface area contributed by atoms with Crippen molar-refractivity contribution in [1.29, 1.82) is 0 Å². The molecule has 2 heterocycles. The molecule has 3 atom stereocenters. The number of nitrogens with one attached hydrogen (secondary N) is 4. The van der Waals surface area contributed by atoms with Crippen molar-refractivity contribution >= 4 is 24.0 Å². The molecule has 42 heavy (non-hydrogen) atoms. The number of benzene rings is 1. The normalized spacial score (nSPS) is 18.9. The first-order valence-corrected chi connectivity index (χ1v) is 14.4. The van der Waals surface area contributed by atoms with E-state index in [9.17, 15) is 24.3 Å². The van der Waals surface area contributed by atoms with E-state index in [4.69, 9.17) is 14.2 Å². The number of rotatable bonds is 9. The van der Waals surface area contributed by atoms with Crippen LogP contribution in [0.3, 0.4) is 0 Å². The summed E-state index contributed by atoms with van der Waals surface area (Å²) >= 11 is 0. The molecule has 0 aromatic heterocycles. The summed E-state index contributed by atoms with van der Waals surface area (Å²) in [5.74, 6) is -0.881. The second-order valence-corrected chi connectivity index (χ2v) is 11.5. The van der Waals surface area contributed by atoms with Crippen LogP contribution in [-0.4, -0.2) is 79.2 Å². The molecule has 0 saturated carbocycles. The molecule has 12 heteroatoms. The van der Waals surface area contributed by atoms with Crippen LogP contribution in [0.5, 0.6) is 5.75 Å². The minimum Gasteiger partial charge on any atom is -0.490 e. The molecular weight excluding hydrogens is 544 g/mol. The van der Waals surface area contributed by atoms with Gasteiger partial charge in [-0.3, -0.25) is 4.79 Å². The van der Waals surface area contributed by atoms with Crippen LogP contribution in [0.1, 0.15) is 59.4 Å². The zero-order valence-corrected chi connectivity index (χ0v) is 25.2. The van der Waals surface area contributed by atoms with Crippen molar-refractivity contribution in [3.63, 3.8) is 0 Å². The van der Waals surface area contributed by atoms with Gasteiger partial charge in [-0.2, -0.15) is 0 Å². The van der Waals surface area contributed by atoms with Crippen molar-refractivity contribution in [1.82, 2.24) is 21.3 Å². The fraction of sp³-hybridized carbons (Fsp3) is 0.600. The summed E-state index contributed by atoms with van der Waals surface area (Å²) in [7, 11) is 0. The smallest absolute Gasteiger partial charge is 0.407 e. The maximum Gasteiger partial charge on any atom is 0.407 e. The maximum atomic E-state index is 13.4. The molecule has 4 amide bonds. The minimum absolute atomic E-state index is 0.0649. The lowest BCUT2D eigenvalue weighted by atomic mass is 10.0. The van der Waals surface area contributed by atoms with E-state index in [1.807, 2.05) is 38.1 Å². The summed E-state index contributed by atoms with van der Waals surface area (Å²) in [6.45, 7) is 10.5. The average Bonchev–Trinajstić information content (AvgIpc) is 2.89. The maximum absolute atomic E-state index is 13.4. The van der Waals surface area contributed by atoms with Gasteiger partial charge < -0.3 is 40.6 Å². The number of amides is 4. The number of aliphatic carboxylic acids is 1. The second-order valence-electron chi connectivity index (χ2n) is 11.5. The minimum atomic E-state index is -1.20. The van der Waals surface area contributed by atoms with Gasteiger partial charge in [-0.15, -0.1) is 0 Å². The van der Waals surface area contributed by atoms with Crippen molar-refractivity contribution in [2.75, 3.05) is 26.4 Å². The largest absolute Gasteiger partial charge is 0.490 e. The van der Waals surface area contributed by atoms with Gasteiger partial charge in [0, 0.05) is 13.0 Å². The van der Waals surface area contributed by atoms with Gasteiger partial charge in [0.1, 0.15) is 30.0 Å². The molecule has 5 N–H and O–H groups in total. The van der Waals surface area contributed by atoms with Crippen LogP contribution >= 0.6 is 0 Å². The van der Waals surface area contributed by atoms with Gasteiger partial charge in [-0.25, -0.2) is 14.4 Å². The second kappa shape index (κ2) is 17.2. The Labute approximate surface area is 247 Å². The van der Waals surface area contributed by atoms with Crippen LogP contribution in [0.4, 0.5) is 9.59 Å². The molecule has 0 saturated heterocycles. The number of unbranched alkanes of at least 4 members (excludes halogenated alkanes) is 1. The highest BCUT2D eigenvalue weighted by atomic mass is 16.6. The fourth-order valence-electron chi connectivity index (χ4n) is 3.99. The third-order valence-corrected chi connectivity index (χ3v) is 6.33. The Bertz CT molecular complexity index is 1050. The predicted octanol–water partition coefficient (Wildman–Crippen LogP) is 3.15. The molecule has 0 spiro atoms. The Kier molecular flexibility index (Phi) is 14.1. The lowest BCUT2D eigenvalue weighted by Crippen LogP contribution is -2.56. The van der Waals surface area contributed by atoms with E-state index in [-0.39, 0.29) is 31.4 Å². The number of carboxylic acid groups (broad SMARTS) is 1. The molecule has 2 bridgehead atoms. The van der Waals surface area contributed by atoms with Crippen LogP contribution in [0.15, 0.2) is 36.4 Å². The summed E-state index contributed by atoms with van der Waals surface area (Å²) in [5, 5.41) is 20.4. The Morgan fingerprint density at radius 3 is 2.43 bits per heavy atom. The molecule has 12 nitrogen and oxygen atoms in total. The zero-order chi connectivity index (χ0) is 31.1. The third-order valence-electron chi connectivity index (χ3n) is 6.33. The third kappa shape index (κ3) is 13.7. The van der Waals surface area contributed by atoms with Gasteiger partial charge in [0.25, 0.3) is 0 Å². The zero-order valence-electron chi connectivity index (χ0n) is 25.2. The molecule has 234 valence electrons. The van der Waals surface area contributed by atoms with E-state index in [1.165, 1.54) is 0 Å². The van der Waals surface area contributed by atoms with Gasteiger partial charge in [0.2, 0.25) is 5.91 Å². The number of hydrogen-bond donors (Lipinski definition) is 5. The predicted molar refractivity (Wildman–Crippen MR) is 157 cm³/mol. The van der Waals surface area contributed by atoms with Gasteiger partial charge in [-0.1, -0.05) is 32.1 Å². The van der Waals surface area contributed by atoms with E-state index in [1.54, 1.807) is 32.9 Å². The Hall–Kier alpha value is -3.80. The summed E-state index contributed by atoms with van der Waals surface area (Å²) < 4.78 is 16.6. The van der Waals surface area contributed by atoms with E-state index >= 15 is 0 Å². The molecule has 0 fully saturated rings. The Balaban J connectivity index is 2.03. The first-order valence-electron chi connectivity index (χ1n) is 14.4. The number of ether oxygens (including phenoxy) is 3. The monoisotopic (exact) mass is 590 g/mol. The lowest BCUT2D eigenvalue weighted by molar-refractivity contribution is -0.139. The van der Waals surface area contributed by atoms with Gasteiger partial charge in [0.05, 0.1) is 19.3 Å². The molecule has 0 unspecified atom stereocenters. The summed E-state index contributed by atoms with van der Waals surface area (Å²) in [4.78, 5) is 49.9. The molecule has 1 aromatic carbocycles. The number of fused-ring (bicyclic) bond motifs is 12. The molecule has 0 radical (unpaired) electrons. The van der Waals surface area contributed by atoms with Crippen LogP contribution in [0.25, 0.3) is 0 Å². The molecule has 2 aliphatic heterocycles. The van der Waals surface area contributed by atoms with E-state index < -0.39 is 41.7 Å². The summed E-state index contributed by atoms with van der Waals surface area (Å²) in [6.07, 6.45) is 4.41. The summed E-state index contributed by atoms with van der Waals surface area (Å²) in [6, 6.07) is 3.99. The van der Waals surface area contributed by atoms with E-state index in [2.05, 4.69) is 21.3 Å². The van der Waals surface area contributed by atoms with Crippen molar-refractivity contribution < 1.29 is 38.5 Å². The first kappa shape index (κ1) is 34.4. The SMILES string of the molecule is CC(C)[C@H]1COCC=CCOc2ccc(cc2)C[C@@H](NC(=O)N[C@@H](CCCCNC(=O)OC(C)(C)C)C(=O)O)C(=O)N1. The number of hydrogen-bond acceptors (Lipinski definition) is 7. The number of carboxylic acids is 1. The highest BCUT2D eigenvalue weighted by Crippen LogP contribution is 2.15. The Morgan fingerprint density at radius 2 is 1.79 bits per heavy atom. The standard InChI is InChI=1S/C30H46N4O8/c1-20(2)25-19-40-16-8-9-17-41-22-13-11-21(12-14-22)18-24(26(35)32-25)34-28(38)33-23(27(36)37)10-6-7-15-31-29(39)42-30(3,4)5/h8-9,11-14,20,23-25H,6-7,10,15-19H2,1-5H3,(H,31,39)(H,32,35)(H,36,37)(H2,33,34,38)/t23-,24+,25+/m0/s1. The van der Waals surface area contributed by atoms with E-state index in [0.29, 0.717) is 38.3 Å². The van der Waals surface area contributed by atoms with Crippen LogP contribution in [0.2, 0.25) is 0 Å². The van der Waals surface area contributed by atoms with Crippen molar-refractivity contribution in [2.45, 2.75) is 84.0 Å². The van der Waals surface area contributed by atoms with E-state index in [0.717, 1.165) is 5.56 Å². The molecular formula is C30H46N4O8. The number of urea groups is 1. The number of alkyl carbamates (subject to hydrolysis) is 1. The van der Waals surface area contributed by atoms with Gasteiger partial charge in [-0.05, 0) is 69.7 Å². The van der Waals surface area contributed by atoms with Gasteiger partial charge >= 0.3 is 18.1 Å². The van der Waals surface area contributed by atoms with Gasteiger partial charge in [0.15, 0.2) is 0 Å². The van der Waals surface area contributed by atoms with Crippen LogP contribution in [0, 0.1) is 5.92 Å². The molecule has 2 aliphatic rings. The van der Waals surface area contributed by atoms with Crippen molar-refractivity contribution in [3.05, 3.63) is 42.0 Å². The average molecular weight is 591 g/mol. The fourth-order valence-corrected chi connectivity index (χ4v) is 3.99. The quantitative estimate of drug-likeness (QED) is 0.216. The highest BCUT2D eigenvalue weighted by Gasteiger charge is 2.27. The number of carbonyl (C=O) groups excluding carboxylic acids is 3. The molecule has 1 aromatic rings. The Morgan fingerprint density at radius 1 is 1.10 bits per heavy atom. The lowest BCUT2D eigenvalue weighted by Gasteiger charge is -2.26.